The first-order valence-electron chi connectivity index (χ1n) is 5.12. The van der Waals surface area contributed by atoms with Crippen LogP contribution in [0, 0.1) is 0 Å². The molecule has 0 fully saturated rings. The molecule has 0 aliphatic heterocycles. The van der Waals surface area contributed by atoms with Crippen LogP contribution in [0.2, 0.25) is 0 Å². The van der Waals surface area contributed by atoms with Crippen molar-refractivity contribution in [3.05, 3.63) is 23.8 Å². The summed E-state index contributed by atoms with van der Waals surface area (Å²) >= 11 is 0. The third-order valence-corrected chi connectivity index (χ3v) is 2.08. The maximum absolute atomic E-state index is 12.2. The summed E-state index contributed by atoms with van der Waals surface area (Å²) in [5.41, 5.74) is -0.475. The van der Waals surface area contributed by atoms with Crippen molar-refractivity contribution in [2.45, 2.75) is 19.4 Å². The molecule has 0 amide bonds. The molecule has 1 aromatic rings. The van der Waals surface area contributed by atoms with Gasteiger partial charge < -0.3 is 14.2 Å². The topological polar surface area (TPSA) is 44.8 Å². The molecule has 1 rings (SSSR count). The molecule has 0 saturated heterocycles. The summed E-state index contributed by atoms with van der Waals surface area (Å²) in [4.78, 5) is 11.1. The van der Waals surface area contributed by atoms with E-state index < -0.39 is 42.4 Å². The van der Waals surface area contributed by atoms with Crippen LogP contribution in [0.15, 0.2) is 18.2 Å². The minimum Gasteiger partial charge on any atom is -0.469 e. The lowest BCUT2D eigenvalue weighted by atomic mass is 10.1. The Hall–Kier alpha value is -2.06. The Morgan fingerprint density at radius 3 is 2.35 bits per heavy atom. The summed E-state index contributed by atoms with van der Waals surface area (Å²) in [7, 11) is 1.00. The Morgan fingerprint density at radius 2 is 1.85 bits per heavy atom. The van der Waals surface area contributed by atoms with E-state index in [0.717, 1.165) is 25.3 Å². The zero-order chi connectivity index (χ0) is 15.3. The normalized spacial score (nSPS) is 11.3. The zero-order valence-electron chi connectivity index (χ0n) is 10.0. The van der Waals surface area contributed by atoms with Crippen LogP contribution in [0.25, 0.3) is 0 Å². The van der Waals surface area contributed by atoms with Gasteiger partial charge in [0.2, 0.25) is 0 Å². The van der Waals surface area contributed by atoms with Crippen molar-refractivity contribution in [3.8, 4) is 11.5 Å². The van der Waals surface area contributed by atoms with Gasteiger partial charge in [-0.1, -0.05) is 6.07 Å². The third-order valence-electron chi connectivity index (χ3n) is 2.08. The molecule has 0 radical (unpaired) electrons. The lowest BCUT2D eigenvalue weighted by Gasteiger charge is -2.16. The molecular weight excluding hydrogens is 291 g/mol. The van der Waals surface area contributed by atoms with Crippen LogP contribution in [0.1, 0.15) is 5.56 Å². The number of carbonyl (C=O) groups excluding carboxylic acids is 1. The average molecular weight is 300 g/mol. The smallest absolute Gasteiger partial charge is 0.469 e. The zero-order valence-corrected chi connectivity index (χ0v) is 10.0. The Labute approximate surface area is 110 Å². The Kier molecular flexibility index (Phi) is 5.12. The third kappa shape index (κ3) is 4.90. The quantitative estimate of drug-likeness (QED) is 0.619. The van der Waals surface area contributed by atoms with E-state index in [1.807, 2.05) is 0 Å². The molecule has 20 heavy (non-hydrogen) atoms. The van der Waals surface area contributed by atoms with Gasteiger partial charge in [-0.3, -0.25) is 4.79 Å². The fourth-order valence-corrected chi connectivity index (χ4v) is 1.36. The molecule has 0 atom stereocenters. The number of hydrogen-bond donors (Lipinski definition) is 0. The molecule has 0 N–H and O–H groups in total. The molecule has 112 valence electrons. The van der Waals surface area contributed by atoms with Gasteiger partial charge in [0.05, 0.1) is 13.5 Å². The van der Waals surface area contributed by atoms with Crippen molar-refractivity contribution in [3.63, 3.8) is 0 Å². The summed E-state index contributed by atoms with van der Waals surface area (Å²) in [5.74, 6) is -2.32. The van der Waals surface area contributed by atoms with Crippen LogP contribution in [-0.4, -0.2) is 26.1 Å². The van der Waals surface area contributed by atoms with Crippen molar-refractivity contribution in [2.24, 2.45) is 0 Å². The van der Waals surface area contributed by atoms with Crippen molar-refractivity contribution in [1.29, 1.82) is 0 Å². The predicted molar refractivity (Wildman–Crippen MR) is 55.5 cm³/mol. The van der Waals surface area contributed by atoms with Crippen molar-refractivity contribution < 1.29 is 41.0 Å². The van der Waals surface area contributed by atoms with Crippen LogP contribution in [0.5, 0.6) is 11.5 Å². The maximum atomic E-state index is 12.2. The van der Waals surface area contributed by atoms with Crippen molar-refractivity contribution in [1.82, 2.24) is 0 Å². The number of halogens is 5. The van der Waals surface area contributed by atoms with E-state index in [2.05, 4.69) is 14.2 Å². The standard InChI is InChI=1S/C11H9F5O4/c1-18-9(17)5-6-7(19-10(12)13)3-2-4-8(6)20-11(14,15)16/h2-4,10H,5H2,1H3. The van der Waals surface area contributed by atoms with Crippen LogP contribution in [-0.2, 0) is 16.0 Å². The molecule has 4 nitrogen and oxygen atoms in total. The number of ether oxygens (including phenoxy) is 3. The van der Waals surface area contributed by atoms with Crippen LogP contribution in [0.3, 0.4) is 0 Å². The van der Waals surface area contributed by atoms with Crippen LogP contribution < -0.4 is 9.47 Å². The predicted octanol–water partition coefficient (Wildman–Crippen LogP) is 2.90. The van der Waals surface area contributed by atoms with E-state index in [-0.39, 0.29) is 0 Å². The average Bonchev–Trinajstić information content (AvgIpc) is 2.30. The summed E-state index contributed by atoms with van der Waals surface area (Å²) in [6.07, 6.45) is -5.74. The van der Waals surface area contributed by atoms with Gasteiger partial charge in [0.1, 0.15) is 11.5 Å². The van der Waals surface area contributed by atoms with E-state index in [1.54, 1.807) is 0 Å². The summed E-state index contributed by atoms with van der Waals surface area (Å²) in [5, 5.41) is 0. The van der Waals surface area contributed by atoms with Crippen LogP contribution >= 0.6 is 0 Å². The lowest BCUT2D eigenvalue weighted by molar-refractivity contribution is -0.275. The summed E-state index contributed by atoms with van der Waals surface area (Å²) in [6.45, 7) is -3.26. The fraction of sp³-hybridized carbons (Fsp3) is 0.364. The minimum absolute atomic E-state index is 0.475. The van der Waals surface area contributed by atoms with E-state index in [0.29, 0.717) is 0 Å². The second-order valence-corrected chi connectivity index (χ2v) is 3.41. The minimum atomic E-state index is -5.03. The first kappa shape index (κ1) is 16.0. The highest BCUT2D eigenvalue weighted by Crippen LogP contribution is 2.33. The van der Waals surface area contributed by atoms with E-state index in [9.17, 15) is 26.7 Å². The largest absolute Gasteiger partial charge is 0.573 e. The van der Waals surface area contributed by atoms with E-state index >= 15 is 0 Å². The number of carbonyl (C=O) groups is 1. The number of benzene rings is 1. The number of alkyl halides is 5. The summed E-state index contributed by atoms with van der Waals surface area (Å²) < 4.78 is 73.0. The van der Waals surface area contributed by atoms with Gasteiger partial charge in [-0.25, -0.2) is 0 Å². The first-order chi connectivity index (χ1) is 9.23. The molecule has 0 spiro atoms. The van der Waals surface area contributed by atoms with Gasteiger partial charge in [0.25, 0.3) is 0 Å². The van der Waals surface area contributed by atoms with Gasteiger partial charge in [-0.15, -0.1) is 13.2 Å². The van der Waals surface area contributed by atoms with E-state index in [4.69, 9.17) is 0 Å². The molecule has 0 aliphatic rings. The van der Waals surface area contributed by atoms with Crippen molar-refractivity contribution in [2.75, 3.05) is 7.11 Å². The van der Waals surface area contributed by atoms with Crippen LogP contribution in [0.4, 0.5) is 22.0 Å². The number of esters is 1. The molecule has 9 heteroatoms. The Bertz CT molecular complexity index is 472. The molecule has 0 saturated carbocycles. The second kappa shape index (κ2) is 6.40. The highest BCUT2D eigenvalue weighted by Gasteiger charge is 2.33. The molecule has 0 aromatic heterocycles. The fourth-order valence-electron chi connectivity index (χ4n) is 1.36. The number of methoxy groups -OCH3 is 1. The van der Waals surface area contributed by atoms with Gasteiger partial charge in [-0.05, 0) is 12.1 Å². The van der Waals surface area contributed by atoms with Crippen molar-refractivity contribution >= 4 is 5.97 Å². The monoisotopic (exact) mass is 300 g/mol. The first-order valence-corrected chi connectivity index (χ1v) is 5.12. The van der Waals surface area contributed by atoms with Gasteiger partial charge in [-0.2, -0.15) is 8.78 Å². The van der Waals surface area contributed by atoms with Gasteiger partial charge in [0, 0.05) is 5.56 Å². The molecule has 1 aromatic carbocycles. The van der Waals surface area contributed by atoms with E-state index in [1.165, 1.54) is 0 Å². The molecule has 0 heterocycles. The molecule has 0 aliphatic carbocycles. The number of hydrogen-bond acceptors (Lipinski definition) is 4. The number of rotatable bonds is 5. The SMILES string of the molecule is COC(=O)Cc1c(OC(F)F)cccc1OC(F)(F)F. The molecular formula is C11H9F5O4. The Morgan fingerprint density at radius 1 is 1.25 bits per heavy atom. The van der Waals surface area contributed by atoms with Gasteiger partial charge >= 0.3 is 18.9 Å². The maximum Gasteiger partial charge on any atom is 0.573 e. The Balaban J connectivity index is 3.17. The highest BCUT2D eigenvalue weighted by molar-refractivity contribution is 5.74. The molecule has 0 bridgehead atoms. The van der Waals surface area contributed by atoms with Gasteiger partial charge in [0.15, 0.2) is 0 Å². The summed E-state index contributed by atoms with van der Waals surface area (Å²) in [6, 6.07) is 2.90. The lowest BCUT2D eigenvalue weighted by Crippen LogP contribution is -2.19. The second-order valence-electron chi connectivity index (χ2n) is 3.41. The highest BCUT2D eigenvalue weighted by atomic mass is 19.4. The molecule has 0 unspecified atom stereocenters.